The average Bonchev–Trinajstić information content (AvgIpc) is 3.34. The molecule has 178 valence electrons. The van der Waals surface area contributed by atoms with Gasteiger partial charge in [-0.2, -0.15) is 0 Å². The molecule has 5 aromatic rings. The summed E-state index contributed by atoms with van der Waals surface area (Å²) in [7, 11) is 1.77. The molecule has 0 aliphatic carbocycles. The summed E-state index contributed by atoms with van der Waals surface area (Å²) < 4.78 is 12.9. The second-order valence-corrected chi connectivity index (χ2v) is 8.26. The molecule has 0 bridgehead atoms. The van der Waals surface area contributed by atoms with Crippen molar-refractivity contribution in [2.75, 3.05) is 14.2 Å². The molecule has 4 aromatic carbocycles. The van der Waals surface area contributed by atoms with Gasteiger partial charge in [-0.05, 0) is 66.1 Å². The van der Waals surface area contributed by atoms with Crippen LogP contribution in [0, 0.1) is 0 Å². The van der Waals surface area contributed by atoms with Crippen LogP contribution >= 0.6 is 0 Å². The predicted molar refractivity (Wildman–Crippen MR) is 143 cm³/mol. The van der Waals surface area contributed by atoms with Crippen molar-refractivity contribution in [3.63, 3.8) is 0 Å². The summed E-state index contributed by atoms with van der Waals surface area (Å²) in [5.74, 6) is 2.27. The Kier molecular flexibility index (Phi) is 6.58. The molecule has 0 aliphatic rings. The first-order valence-corrected chi connectivity index (χ1v) is 11.5. The van der Waals surface area contributed by atoms with Crippen molar-refractivity contribution in [2.24, 2.45) is 0 Å². The fourth-order valence-electron chi connectivity index (χ4n) is 4.21. The van der Waals surface area contributed by atoms with E-state index in [1.54, 1.807) is 26.4 Å². The van der Waals surface area contributed by atoms with Crippen molar-refractivity contribution >= 4 is 12.6 Å². The van der Waals surface area contributed by atoms with Gasteiger partial charge < -0.3 is 19.5 Å². The molecule has 0 radical (unpaired) electrons. The lowest BCUT2D eigenvalue weighted by Gasteiger charge is -2.14. The average molecular weight is 476 g/mol. The second kappa shape index (κ2) is 10.1. The van der Waals surface area contributed by atoms with Crippen LogP contribution in [0.2, 0.25) is 0 Å². The Morgan fingerprint density at radius 3 is 1.69 bits per heavy atom. The van der Waals surface area contributed by atoms with Crippen LogP contribution in [0.4, 0.5) is 0 Å². The Morgan fingerprint density at radius 1 is 0.639 bits per heavy atom. The van der Waals surface area contributed by atoms with Crippen LogP contribution in [0.3, 0.4) is 0 Å². The lowest BCUT2D eigenvalue weighted by Crippen LogP contribution is -2.29. The van der Waals surface area contributed by atoms with Crippen LogP contribution in [0.25, 0.3) is 39.6 Å². The fraction of sp³-hybridized carbons (Fsp3) is 0.0690. The number of nitrogens with zero attached hydrogens (tertiary/aromatic N) is 2. The molecule has 1 heterocycles. The summed E-state index contributed by atoms with van der Waals surface area (Å²) in [6.45, 7) is 0. The summed E-state index contributed by atoms with van der Waals surface area (Å²) >= 11 is 0. The Bertz CT molecular complexity index is 1450. The summed E-state index contributed by atoms with van der Waals surface area (Å²) in [5, 5.41) is 19.1. The topological polar surface area (TPSA) is 76.7 Å². The van der Waals surface area contributed by atoms with Gasteiger partial charge >= 0.3 is 7.12 Å². The van der Waals surface area contributed by atoms with Crippen molar-refractivity contribution in [2.45, 2.75) is 0 Å². The van der Waals surface area contributed by atoms with Gasteiger partial charge in [0.2, 0.25) is 0 Å². The number of aromatic nitrogens is 2. The highest BCUT2D eigenvalue weighted by molar-refractivity contribution is 6.58. The van der Waals surface area contributed by atoms with Gasteiger partial charge in [0.05, 0.1) is 25.6 Å². The third kappa shape index (κ3) is 4.50. The van der Waals surface area contributed by atoms with Gasteiger partial charge in [0, 0.05) is 22.4 Å². The zero-order chi connectivity index (χ0) is 25.1. The van der Waals surface area contributed by atoms with Gasteiger partial charge in [-0.3, -0.25) is 4.57 Å². The smallest absolute Gasteiger partial charge is 0.488 e. The summed E-state index contributed by atoms with van der Waals surface area (Å²) in [6, 6.07) is 32.9. The number of rotatable bonds is 7. The molecule has 0 spiro atoms. The van der Waals surface area contributed by atoms with E-state index in [1.165, 1.54) is 0 Å². The largest absolute Gasteiger partial charge is 0.497 e. The lowest BCUT2D eigenvalue weighted by atomic mass is 9.80. The van der Waals surface area contributed by atoms with E-state index >= 15 is 0 Å². The lowest BCUT2D eigenvalue weighted by molar-refractivity contribution is 0.414. The SMILES string of the molecule is COc1ccc(-c2nc(-c3ccc(B(O)O)cc3)n(-c3ccccc3)c2-c2ccc(OC)cc2)cc1. The van der Waals surface area contributed by atoms with E-state index in [1.807, 2.05) is 91.0 Å². The zero-order valence-electron chi connectivity index (χ0n) is 20.0. The first kappa shape index (κ1) is 23.4. The van der Waals surface area contributed by atoms with E-state index < -0.39 is 7.12 Å². The maximum absolute atomic E-state index is 9.56. The van der Waals surface area contributed by atoms with E-state index in [9.17, 15) is 10.0 Å². The molecule has 6 nitrogen and oxygen atoms in total. The maximum Gasteiger partial charge on any atom is 0.488 e. The number of para-hydroxylation sites is 1. The highest BCUT2D eigenvalue weighted by Gasteiger charge is 2.23. The minimum Gasteiger partial charge on any atom is -0.497 e. The van der Waals surface area contributed by atoms with Crippen molar-refractivity contribution < 1.29 is 19.5 Å². The number of imidazole rings is 1. The van der Waals surface area contributed by atoms with E-state index in [0.717, 1.165) is 51.1 Å². The van der Waals surface area contributed by atoms with Gasteiger partial charge in [-0.25, -0.2) is 4.98 Å². The Balaban J connectivity index is 1.80. The molecule has 0 amide bonds. The number of methoxy groups -OCH3 is 2. The third-order valence-corrected chi connectivity index (χ3v) is 6.09. The van der Waals surface area contributed by atoms with Crippen LogP contribution in [-0.2, 0) is 0 Å². The van der Waals surface area contributed by atoms with Gasteiger partial charge in [0.15, 0.2) is 0 Å². The minimum atomic E-state index is -1.53. The standard InChI is InChI=1S/C29H25BN2O4/c1-35-25-16-10-20(11-17-25)27-28(21-12-18-26(36-2)19-13-21)32(24-6-4-3-5-7-24)29(31-27)22-8-14-23(15-9-22)30(33)34/h3-19,33-34H,1-2H3. The Labute approximate surface area is 210 Å². The van der Waals surface area contributed by atoms with Crippen molar-refractivity contribution in [1.82, 2.24) is 9.55 Å². The number of benzene rings is 4. The first-order valence-electron chi connectivity index (χ1n) is 11.5. The summed E-state index contributed by atoms with van der Waals surface area (Å²) in [6.07, 6.45) is 0. The quantitative estimate of drug-likeness (QED) is 0.337. The van der Waals surface area contributed by atoms with Crippen molar-refractivity contribution in [3.8, 4) is 51.1 Å². The highest BCUT2D eigenvalue weighted by Crippen LogP contribution is 2.39. The van der Waals surface area contributed by atoms with Crippen LogP contribution < -0.4 is 14.9 Å². The number of hydrogen-bond acceptors (Lipinski definition) is 5. The van der Waals surface area contributed by atoms with E-state index in [0.29, 0.717) is 5.46 Å². The van der Waals surface area contributed by atoms with Crippen LogP contribution in [0.5, 0.6) is 11.5 Å². The van der Waals surface area contributed by atoms with Crippen LogP contribution in [0.15, 0.2) is 103 Å². The Hall–Kier alpha value is -4.33. The molecule has 0 unspecified atom stereocenters. The molecule has 0 atom stereocenters. The molecule has 0 saturated carbocycles. The van der Waals surface area contributed by atoms with E-state index in [-0.39, 0.29) is 0 Å². The number of hydrogen-bond donors (Lipinski definition) is 2. The van der Waals surface area contributed by atoms with Gasteiger partial charge in [0.1, 0.15) is 17.3 Å². The van der Waals surface area contributed by atoms with Gasteiger partial charge in [-0.1, -0.05) is 42.5 Å². The summed E-state index contributed by atoms with van der Waals surface area (Å²) in [5.41, 5.74) is 5.88. The van der Waals surface area contributed by atoms with Gasteiger partial charge in [-0.15, -0.1) is 0 Å². The molecule has 7 heteroatoms. The van der Waals surface area contributed by atoms with Crippen LogP contribution in [-0.4, -0.2) is 40.9 Å². The van der Waals surface area contributed by atoms with E-state index in [4.69, 9.17) is 14.5 Å². The van der Waals surface area contributed by atoms with Crippen LogP contribution in [0.1, 0.15) is 0 Å². The molecule has 5 rings (SSSR count). The minimum absolute atomic E-state index is 0.419. The van der Waals surface area contributed by atoms with Crippen molar-refractivity contribution in [1.29, 1.82) is 0 Å². The maximum atomic E-state index is 9.56. The Morgan fingerprint density at radius 2 is 1.17 bits per heavy atom. The van der Waals surface area contributed by atoms with E-state index in [2.05, 4.69) is 4.57 Å². The molecule has 0 saturated heterocycles. The molecular weight excluding hydrogens is 451 g/mol. The molecule has 0 fully saturated rings. The molecule has 1 aromatic heterocycles. The molecule has 36 heavy (non-hydrogen) atoms. The summed E-state index contributed by atoms with van der Waals surface area (Å²) in [4.78, 5) is 5.14. The number of ether oxygens (including phenoxy) is 2. The highest BCUT2D eigenvalue weighted by atomic mass is 16.5. The van der Waals surface area contributed by atoms with Crippen molar-refractivity contribution in [3.05, 3.63) is 103 Å². The monoisotopic (exact) mass is 476 g/mol. The second-order valence-electron chi connectivity index (χ2n) is 8.26. The third-order valence-electron chi connectivity index (χ3n) is 6.09. The predicted octanol–water partition coefficient (Wildman–Crippen LogP) is 4.57. The molecule has 2 N–H and O–H groups in total. The zero-order valence-corrected chi connectivity index (χ0v) is 20.0. The van der Waals surface area contributed by atoms with Gasteiger partial charge in [0.25, 0.3) is 0 Å². The molecule has 0 aliphatic heterocycles. The molecular formula is C29H25BN2O4. The normalized spacial score (nSPS) is 10.8. The first-order chi connectivity index (χ1) is 17.6. The fourth-order valence-corrected chi connectivity index (χ4v) is 4.21.